The van der Waals surface area contributed by atoms with Crippen LogP contribution in [0.3, 0.4) is 0 Å². The minimum Gasteiger partial charge on any atom is -0.373 e. The van der Waals surface area contributed by atoms with Gasteiger partial charge in [0.2, 0.25) is 0 Å². The summed E-state index contributed by atoms with van der Waals surface area (Å²) in [7, 11) is 0. The summed E-state index contributed by atoms with van der Waals surface area (Å²) < 4.78 is 22.2. The van der Waals surface area contributed by atoms with Gasteiger partial charge in [-0.15, -0.1) is 0 Å². The first-order chi connectivity index (χ1) is 14.3. The van der Waals surface area contributed by atoms with Gasteiger partial charge in [0.1, 0.15) is 0 Å². The molecular weight excluding hydrogens is 364 g/mol. The van der Waals surface area contributed by atoms with E-state index in [2.05, 4.69) is 36.4 Å². The van der Waals surface area contributed by atoms with Crippen molar-refractivity contribution in [2.24, 2.45) is 0 Å². The number of hydrogen-bond donors (Lipinski definition) is 0. The summed E-state index contributed by atoms with van der Waals surface area (Å²) in [5.74, 6) is 0. The molecule has 0 bridgehead atoms. The molecule has 2 aromatic carbocycles. The van der Waals surface area contributed by atoms with Crippen molar-refractivity contribution in [3.63, 3.8) is 0 Å². The molecule has 0 radical (unpaired) electrons. The second kappa shape index (κ2) is 7.51. The van der Waals surface area contributed by atoms with Crippen molar-refractivity contribution in [3.05, 3.63) is 69.8 Å². The van der Waals surface area contributed by atoms with Crippen LogP contribution < -0.4 is 0 Å². The Kier molecular flexibility index (Phi) is 4.68. The molecule has 0 amide bonds. The lowest BCUT2D eigenvalue weighted by molar-refractivity contribution is 0.401. The molecule has 4 saturated heterocycles. The van der Waals surface area contributed by atoms with Gasteiger partial charge in [-0.2, -0.15) is 0 Å². The zero-order valence-electron chi connectivity index (χ0n) is 16.8. The minimum atomic E-state index is 0.396. The maximum atomic E-state index is 5.59. The van der Waals surface area contributed by atoms with Crippen molar-refractivity contribution >= 4 is 0 Å². The van der Waals surface area contributed by atoms with Crippen LogP contribution in [0, 0.1) is 0 Å². The lowest BCUT2D eigenvalue weighted by Crippen LogP contribution is -2.10. The summed E-state index contributed by atoms with van der Waals surface area (Å²) >= 11 is 0. The van der Waals surface area contributed by atoms with Crippen LogP contribution in [0.5, 0.6) is 0 Å². The molecule has 0 aromatic heterocycles. The fraction of sp³-hybridized carbons (Fsp3) is 0.520. The van der Waals surface area contributed by atoms with Crippen molar-refractivity contribution < 1.29 is 18.9 Å². The maximum absolute atomic E-state index is 5.59. The Morgan fingerprint density at radius 1 is 0.517 bits per heavy atom. The third kappa shape index (κ3) is 4.56. The van der Waals surface area contributed by atoms with Crippen LogP contribution >= 0.6 is 0 Å². The van der Waals surface area contributed by atoms with Gasteiger partial charge in [-0.25, -0.2) is 0 Å². The molecule has 4 heteroatoms. The predicted octanol–water partition coefficient (Wildman–Crippen LogP) is 3.04. The average Bonchev–Trinajstić information content (AvgIpc) is 3.50. The van der Waals surface area contributed by atoms with E-state index in [9.17, 15) is 0 Å². The highest BCUT2D eigenvalue weighted by atomic mass is 16.6. The van der Waals surface area contributed by atoms with Crippen LogP contribution in [0.15, 0.2) is 36.4 Å². The molecule has 4 aliphatic heterocycles. The van der Waals surface area contributed by atoms with Crippen LogP contribution in [0.4, 0.5) is 0 Å². The van der Waals surface area contributed by atoms with Crippen LogP contribution in [-0.2, 0) is 51.1 Å². The second-order valence-electron chi connectivity index (χ2n) is 8.92. The lowest BCUT2D eigenvalue weighted by Gasteiger charge is -2.18. The lowest BCUT2D eigenvalue weighted by atomic mass is 9.87. The zero-order valence-corrected chi connectivity index (χ0v) is 16.8. The SMILES string of the molecule is c1cc(Cc2cccc(CC3CO3)c2CC2CO2)c(CC2CO2)c(CC2CO2)c1. The standard InChI is InChI=1S/C25H28O4/c1-3-16(24(10-22-14-28-22)18(5-1)8-20-12-26-20)7-17-4-2-6-19(9-21-13-27-21)25(17)11-23-15-29-23/h1-6,20-23H,7-15H2. The number of rotatable bonds is 10. The Morgan fingerprint density at radius 2 is 0.862 bits per heavy atom. The summed E-state index contributed by atoms with van der Waals surface area (Å²) in [5.41, 5.74) is 8.73. The molecule has 6 rings (SSSR count). The molecule has 0 aliphatic carbocycles. The highest BCUT2D eigenvalue weighted by molar-refractivity contribution is 5.44. The van der Waals surface area contributed by atoms with Crippen molar-refractivity contribution in [1.82, 2.24) is 0 Å². The summed E-state index contributed by atoms with van der Waals surface area (Å²) in [4.78, 5) is 0. The number of epoxide rings is 4. The summed E-state index contributed by atoms with van der Waals surface area (Å²) in [6.07, 6.45) is 6.68. The fourth-order valence-corrected chi connectivity index (χ4v) is 4.51. The first-order valence-corrected chi connectivity index (χ1v) is 11.0. The molecule has 4 unspecified atom stereocenters. The summed E-state index contributed by atoms with van der Waals surface area (Å²) in [5, 5.41) is 0. The molecule has 2 aromatic rings. The van der Waals surface area contributed by atoms with Gasteiger partial charge in [0.25, 0.3) is 0 Å². The Bertz CT molecular complexity index is 818. The molecule has 4 aliphatic rings. The van der Waals surface area contributed by atoms with Gasteiger partial charge in [-0.3, -0.25) is 0 Å². The fourth-order valence-electron chi connectivity index (χ4n) is 4.51. The van der Waals surface area contributed by atoms with Crippen molar-refractivity contribution in [3.8, 4) is 0 Å². The molecule has 4 nitrogen and oxygen atoms in total. The molecule has 4 heterocycles. The van der Waals surface area contributed by atoms with E-state index in [-0.39, 0.29) is 0 Å². The predicted molar refractivity (Wildman–Crippen MR) is 109 cm³/mol. The minimum absolute atomic E-state index is 0.396. The Labute approximate surface area is 172 Å². The number of ether oxygens (including phenoxy) is 4. The normalized spacial score (nSPS) is 29.0. The number of benzene rings is 2. The topological polar surface area (TPSA) is 50.1 Å². The highest BCUT2D eigenvalue weighted by Crippen LogP contribution is 2.31. The molecule has 29 heavy (non-hydrogen) atoms. The molecule has 0 N–H and O–H groups in total. The Morgan fingerprint density at radius 3 is 1.24 bits per heavy atom. The molecule has 152 valence electrons. The molecule has 0 saturated carbocycles. The second-order valence-corrected chi connectivity index (χ2v) is 8.92. The summed E-state index contributed by atoms with van der Waals surface area (Å²) in [6, 6.07) is 13.6. The van der Waals surface area contributed by atoms with Crippen LogP contribution in [-0.4, -0.2) is 50.8 Å². The zero-order chi connectivity index (χ0) is 19.2. The van der Waals surface area contributed by atoms with Gasteiger partial charge in [0.05, 0.1) is 50.8 Å². The van der Waals surface area contributed by atoms with Crippen molar-refractivity contribution in [2.75, 3.05) is 26.4 Å². The first-order valence-electron chi connectivity index (χ1n) is 11.0. The van der Waals surface area contributed by atoms with Crippen LogP contribution in [0.1, 0.15) is 33.4 Å². The largest absolute Gasteiger partial charge is 0.373 e. The number of hydrogen-bond acceptors (Lipinski definition) is 4. The third-order valence-electron chi connectivity index (χ3n) is 6.49. The molecule has 4 fully saturated rings. The third-order valence-corrected chi connectivity index (χ3v) is 6.49. The van der Waals surface area contributed by atoms with E-state index >= 15 is 0 Å². The average molecular weight is 392 g/mol. The van der Waals surface area contributed by atoms with E-state index in [0.29, 0.717) is 24.4 Å². The van der Waals surface area contributed by atoms with Crippen LogP contribution in [0.25, 0.3) is 0 Å². The van der Waals surface area contributed by atoms with E-state index in [1.807, 2.05) is 0 Å². The first kappa shape index (κ1) is 18.1. The van der Waals surface area contributed by atoms with Gasteiger partial charge in [0.15, 0.2) is 0 Å². The van der Waals surface area contributed by atoms with E-state index in [1.165, 1.54) is 33.4 Å². The van der Waals surface area contributed by atoms with E-state index in [1.54, 1.807) is 0 Å². The monoisotopic (exact) mass is 392 g/mol. The smallest absolute Gasteiger partial charge is 0.0850 e. The molecular formula is C25H28O4. The van der Waals surface area contributed by atoms with Gasteiger partial charge in [-0.05, 0) is 39.8 Å². The van der Waals surface area contributed by atoms with Crippen molar-refractivity contribution in [2.45, 2.75) is 56.5 Å². The summed E-state index contributed by atoms with van der Waals surface area (Å²) in [6.45, 7) is 3.60. The van der Waals surface area contributed by atoms with E-state index in [0.717, 1.165) is 58.5 Å². The van der Waals surface area contributed by atoms with Gasteiger partial charge in [0, 0.05) is 25.7 Å². The Balaban J connectivity index is 1.32. The quantitative estimate of drug-likeness (QED) is 0.583. The van der Waals surface area contributed by atoms with Crippen LogP contribution in [0.2, 0.25) is 0 Å². The van der Waals surface area contributed by atoms with Gasteiger partial charge < -0.3 is 18.9 Å². The molecule has 4 atom stereocenters. The van der Waals surface area contributed by atoms with Gasteiger partial charge >= 0.3 is 0 Å². The molecule has 0 spiro atoms. The van der Waals surface area contributed by atoms with Crippen molar-refractivity contribution in [1.29, 1.82) is 0 Å². The Hall–Kier alpha value is -1.72. The maximum Gasteiger partial charge on any atom is 0.0850 e. The van der Waals surface area contributed by atoms with Gasteiger partial charge in [-0.1, -0.05) is 36.4 Å². The highest BCUT2D eigenvalue weighted by Gasteiger charge is 2.30. The van der Waals surface area contributed by atoms with E-state index in [4.69, 9.17) is 18.9 Å². The van der Waals surface area contributed by atoms with E-state index < -0.39 is 0 Å².